The SMILES string of the molecule is COc1cc2c(cc1Nc1ncc(Br)c(Nc3ccccc3P(C)(C)=O)n1)-c1cnn(C)c1CCN2C(C)C. The summed E-state index contributed by atoms with van der Waals surface area (Å²) in [4.78, 5) is 11.6. The summed E-state index contributed by atoms with van der Waals surface area (Å²) in [6.07, 6.45) is 4.52. The highest BCUT2D eigenvalue weighted by molar-refractivity contribution is 9.10. The molecule has 2 N–H and O–H groups in total. The molecule has 1 aliphatic heterocycles. The van der Waals surface area contributed by atoms with Gasteiger partial charge in [-0.05, 0) is 61.3 Å². The smallest absolute Gasteiger partial charge is 0.229 e. The molecule has 5 rings (SSSR count). The average Bonchev–Trinajstić information content (AvgIpc) is 3.17. The Hall–Kier alpha value is -3.36. The van der Waals surface area contributed by atoms with E-state index in [2.05, 4.69) is 67.5 Å². The fraction of sp³-hybridized carbons (Fsp3) is 0.321. The van der Waals surface area contributed by atoms with Crippen molar-refractivity contribution in [2.75, 3.05) is 42.5 Å². The maximum Gasteiger partial charge on any atom is 0.229 e. The van der Waals surface area contributed by atoms with Gasteiger partial charge in [-0.1, -0.05) is 12.1 Å². The van der Waals surface area contributed by atoms with Gasteiger partial charge in [0, 0.05) is 66.1 Å². The van der Waals surface area contributed by atoms with Crippen LogP contribution >= 0.6 is 23.1 Å². The molecule has 0 radical (unpaired) electrons. The molecule has 0 unspecified atom stereocenters. The summed E-state index contributed by atoms with van der Waals surface area (Å²) in [6, 6.07) is 12.1. The van der Waals surface area contributed by atoms with Crippen LogP contribution in [0.3, 0.4) is 0 Å². The lowest BCUT2D eigenvalue weighted by Crippen LogP contribution is -2.32. The lowest BCUT2D eigenvalue weighted by molar-refractivity contribution is 0.416. The number of aryl methyl sites for hydroxylation is 1. The van der Waals surface area contributed by atoms with Crippen molar-refractivity contribution in [1.82, 2.24) is 19.7 Å². The molecule has 0 spiro atoms. The molecule has 0 saturated carbocycles. The van der Waals surface area contributed by atoms with Crippen molar-refractivity contribution in [3.63, 3.8) is 0 Å². The number of halogens is 1. The Morgan fingerprint density at radius 2 is 1.85 bits per heavy atom. The van der Waals surface area contributed by atoms with E-state index >= 15 is 0 Å². The Morgan fingerprint density at radius 1 is 1.08 bits per heavy atom. The van der Waals surface area contributed by atoms with E-state index < -0.39 is 7.14 Å². The first-order valence-electron chi connectivity index (χ1n) is 12.8. The maximum absolute atomic E-state index is 12.9. The summed E-state index contributed by atoms with van der Waals surface area (Å²) in [5, 5.41) is 12.0. The van der Waals surface area contributed by atoms with E-state index in [1.165, 1.54) is 5.69 Å². The predicted molar refractivity (Wildman–Crippen MR) is 163 cm³/mol. The van der Waals surface area contributed by atoms with Crippen molar-refractivity contribution >= 4 is 57.2 Å². The monoisotopic (exact) mass is 609 g/mol. The summed E-state index contributed by atoms with van der Waals surface area (Å²) in [5.74, 6) is 1.65. The molecule has 11 heteroatoms. The molecule has 1 aliphatic rings. The molecule has 2 aromatic heterocycles. The van der Waals surface area contributed by atoms with Crippen LogP contribution in [-0.2, 0) is 18.0 Å². The zero-order valence-electron chi connectivity index (χ0n) is 23.0. The number of para-hydroxylation sites is 1. The highest BCUT2D eigenvalue weighted by Crippen LogP contribution is 2.44. The third-order valence-electron chi connectivity index (χ3n) is 6.92. The molecule has 4 aromatic rings. The van der Waals surface area contributed by atoms with E-state index in [-0.39, 0.29) is 0 Å². The third-order valence-corrected chi connectivity index (χ3v) is 9.05. The fourth-order valence-electron chi connectivity index (χ4n) is 4.97. The maximum atomic E-state index is 12.9. The van der Waals surface area contributed by atoms with Crippen molar-refractivity contribution in [3.8, 4) is 16.9 Å². The standard InChI is InChI=1S/C28H33BrN7O2P/c1-17(2)36-12-11-23-19(15-31-35(23)3)18-13-22(25(38-4)14-24(18)36)33-28-30-16-20(29)27(34-28)32-21-9-7-8-10-26(21)39(5,6)37/h7-10,13-17H,11-12H2,1-6H3,(H2,30,32,33,34). The molecule has 0 saturated heterocycles. The van der Waals surface area contributed by atoms with Crippen molar-refractivity contribution in [1.29, 1.82) is 0 Å². The lowest BCUT2D eigenvalue weighted by atomic mass is 10.0. The molecule has 0 fully saturated rings. The second-order valence-electron chi connectivity index (χ2n) is 10.2. The molecular weight excluding hydrogens is 577 g/mol. The molecule has 9 nitrogen and oxygen atoms in total. The normalized spacial score (nSPS) is 13.1. The van der Waals surface area contributed by atoms with Crippen LogP contribution in [0.4, 0.5) is 28.8 Å². The molecule has 204 valence electrons. The van der Waals surface area contributed by atoms with Crippen LogP contribution < -0.4 is 25.6 Å². The third kappa shape index (κ3) is 5.40. The Bertz CT molecular complexity index is 1580. The fourth-order valence-corrected chi connectivity index (χ4v) is 6.41. The number of ether oxygens (including phenoxy) is 1. The molecule has 0 aliphatic carbocycles. The van der Waals surface area contributed by atoms with Crippen molar-refractivity contribution in [3.05, 3.63) is 59.0 Å². The van der Waals surface area contributed by atoms with Gasteiger partial charge in [0.1, 0.15) is 18.7 Å². The van der Waals surface area contributed by atoms with Gasteiger partial charge in [0.25, 0.3) is 0 Å². The topological polar surface area (TPSA) is 97.2 Å². The van der Waals surface area contributed by atoms with Gasteiger partial charge in [-0.2, -0.15) is 10.1 Å². The highest BCUT2D eigenvalue weighted by Gasteiger charge is 2.26. The predicted octanol–water partition coefficient (Wildman–Crippen LogP) is 6.15. The molecule has 3 heterocycles. The van der Waals surface area contributed by atoms with Gasteiger partial charge >= 0.3 is 0 Å². The van der Waals surface area contributed by atoms with Gasteiger partial charge in [-0.3, -0.25) is 4.68 Å². The number of fused-ring (bicyclic) bond motifs is 3. The van der Waals surface area contributed by atoms with Gasteiger partial charge in [-0.15, -0.1) is 0 Å². The zero-order chi connectivity index (χ0) is 27.9. The molecule has 0 bridgehead atoms. The Kier molecular flexibility index (Phi) is 7.44. The van der Waals surface area contributed by atoms with Gasteiger partial charge in [0.05, 0.1) is 29.2 Å². The van der Waals surface area contributed by atoms with Crippen LogP contribution in [0.2, 0.25) is 0 Å². The van der Waals surface area contributed by atoms with Gasteiger partial charge < -0.3 is 24.8 Å². The summed E-state index contributed by atoms with van der Waals surface area (Å²) < 4.78 is 21.3. The van der Waals surface area contributed by atoms with Crippen LogP contribution in [0.15, 0.2) is 53.3 Å². The Balaban J connectivity index is 1.55. The first-order chi connectivity index (χ1) is 18.6. The minimum atomic E-state index is -2.50. The van der Waals surface area contributed by atoms with E-state index in [1.54, 1.807) is 26.6 Å². The van der Waals surface area contributed by atoms with Crippen LogP contribution in [-0.4, -0.2) is 52.8 Å². The number of nitrogens with one attached hydrogen (secondary N) is 2. The van der Waals surface area contributed by atoms with Gasteiger partial charge in [0.15, 0.2) is 0 Å². The van der Waals surface area contributed by atoms with Crippen LogP contribution in [0.1, 0.15) is 19.5 Å². The second kappa shape index (κ2) is 10.7. The number of hydrogen-bond donors (Lipinski definition) is 2. The number of methoxy groups -OCH3 is 1. The lowest BCUT2D eigenvalue weighted by Gasteiger charge is -2.30. The summed E-state index contributed by atoms with van der Waals surface area (Å²) in [5.41, 5.74) is 6.00. The summed E-state index contributed by atoms with van der Waals surface area (Å²) >= 11 is 3.55. The molecule has 39 heavy (non-hydrogen) atoms. The molecule has 0 amide bonds. The highest BCUT2D eigenvalue weighted by atomic mass is 79.9. The van der Waals surface area contributed by atoms with Crippen molar-refractivity contribution < 1.29 is 9.30 Å². The first-order valence-corrected chi connectivity index (χ1v) is 16.2. The number of benzene rings is 2. The van der Waals surface area contributed by atoms with E-state index in [1.807, 2.05) is 42.2 Å². The minimum absolute atomic E-state index is 0.322. The Morgan fingerprint density at radius 3 is 2.56 bits per heavy atom. The molecule has 0 atom stereocenters. The summed E-state index contributed by atoms with van der Waals surface area (Å²) in [6.45, 7) is 8.81. The van der Waals surface area contributed by atoms with E-state index in [9.17, 15) is 4.57 Å². The number of hydrogen-bond acceptors (Lipinski definition) is 8. The number of aromatic nitrogens is 4. The molecular formula is C28H33BrN7O2P. The van der Waals surface area contributed by atoms with Crippen LogP contribution in [0.5, 0.6) is 5.75 Å². The molecule has 2 aromatic carbocycles. The van der Waals surface area contributed by atoms with Crippen molar-refractivity contribution in [2.24, 2.45) is 7.05 Å². The average molecular weight is 610 g/mol. The van der Waals surface area contributed by atoms with Crippen LogP contribution in [0, 0.1) is 0 Å². The van der Waals surface area contributed by atoms with Crippen LogP contribution in [0.25, 0.3) is 11.1 Å². The largest absolute Gasteiger partial charge is 0.494 e. The number of anilines is 5. The zero-order valence-corrected chi connectivity index (χ0v) is 25.5. The summed E-state index contributed by atoms with van der Waals surface area (Å²) in [7, 11) is 1.15. The number of rotatable bonds is 7. The van der Waals surface area contributed by atoms with E-state index in [0.717, 1.165) is 46.5 Å². The quantitative estimate of drug-likeness (QED) is 0.241. The minimum Gasteiger partial charge on any atom is -0.494 e. The van der Waals surface area contributed by atoms with E-state index in [4.69, 9.17) is 9.72 Å². The van der Waals surface area contributed by atoms with E-state index in [0.29, 0.717) is 28.0 Å². The number of nitrogens with zero attached hydrogens (tertiary/aromatic N) is 5. The first kappa shape index (κ1) is 27.2. The van der Waals surface area contributed by atoms with Gasteiger partial charge in [-0.25, -0.2) is 4.98 Å². The van der Waals surface area contributed by atoms with Gasteiger partial charge in [0.2, 0.25) is 5.95 Å². The second-order valence-corrected chi connectivity index (χ2v) is 14.3. The Labute approximate surface area is 237 Å². The van der Waals surface area contributed by atoms with Crippen molar-refractivity contribution in [2.45, 2.75) is 26.3 Å².